The fraction of sp³-hybridized carbons (Fsp3) is 0.875. The van der Waals surface area contributed by atoms with E-state index in [-0.39, 0.29) is 0 Å². The van der Waals surface area contributed by atoms with Crippen molar-refractivity contribution in [3.05, 3.63) is 0 Å². The van der Waals surface area contributed by atoms with Crippen LogP contribution in [0.4, 0.5) is 4.79 Å². The second-order valence-electron chi connectivity index (χ2n) is 2.66. The van der Waals surface area contributed by atoms with Crippen LogP contribution in [0.3, 0.4) is 0 Å². The molecule has 0 aromatic heterocycles. The molecule has 3 nitrogen and oxygen atoms in total. The fourth-order valence-electron chi connectivity index (χ4n) is 0.845. The average Bonchev–Trinajstić information content (AvgIpc) is 2.01. The maximum Gasteiger partial charge on any atom is 0.507 e. The van der Waals surface area contributed by atoms with Gasteiger partial charge in [0.05, 0.1) is 13.7 Å². The van der Waals surface area contributed by atoms with Crippen LogP contribution in [0.25, 0.3) is 0 Å². The largest absolute Gasteiger partial charge is 0.507 e. The maximum atomic E-state index is 10.5. The molecule has 0 aliphatic carbocycles. The summed E-state index contributed by atoms with van der Waals surface area (Å²) in [4.78, 5) is 10.5. The van der Waals surface area contributed by atoms with Crippen molar-refractivity contribution in [1.82, 2.24) is 0 Å². The average molecular weight is 160 g/mol. The summed E-state index contributed by atoms with van der Waals surface area (Å²) in [6.07, 6.45) is 1.61. The zero-order chi connectivity index (χ0) is 8.69. The Kier molecular flexibility index (Phi) is 5.61. The molecule has 0 radical (unpaired) electrons. The van der Waals surface area contributed by atoms with Crippen LogP contribution in [0, 0.1) is 5.92 Å². The molecule has 3 heteroatoms. The van der Waals surface area contributed by atoms with Crippen molar-refractivity contribution < 1.29 is 14.3 Å². The Morgan fingerprint density at radius 2 is 2.18 bits per heavy atom. The van der Waals surface area contributed by atoms with Crippen LogP contribution in [0.1, 0.15) is 26.7 Å². The third-order valence-electron chi connectivity index (χ3n) is 1.43. The minimum absolute atomic E-state index is 0.430. The number of rotatable bonds is 4. The van der Waals surface area contributed by atoms with E-state index in [4.69, 9.17) is 4.74 Å². The van der Waals surface area contributed by atoms with Crippen LogP contribution in [0.15, 0.2) is 0 Å². The minimum Gasteiger partial charge on any atom is -0.438 e. The second kappa shape index (κ2) is 6.01. The van der Waals surface area contributed by atoms with Crippen molar-refractivity contribution in [2.75, 3.05) is 13.7 Å². The van der Waals surface area contributed by atoms with Gasteiger partial charge in [-0.05, 0) is 12.3 Å². The van der Waals surface area contributed by atoms with E-state index in [1.807, 2.05) is 6.92 Å². The van der Waals surface area contributed by atoms with Crippen LogP contribution in [0.2, 0.25) is 0 Å². The first-order chi connectivity index (χ1) is 5.20. The number of hydrogen-bond donors (Lipinski definition) is 0. The first kappa shape index (κ1) is 10.3. The molecule has 0 rings (SSSR count). The molecular weight excluding hydrogens is 144 g/mol. The van der Waals surface area contributed by atoms with E-state index in [2.05, 4.69) is 11.7 Å². The molecule has 0 saturated heterocycles. The molecule has 0 fully saturated rings. The molecule has 0 aromatic carbocycles. The molecule has 1 unspecified atom stereocenters. The Hall–Kier alpha value is -0.730. The van der Waals surface area contributed by atoms with Gasteiger partial charge in [0, 0.05) is 0 Å². The van der Waals surface area contributed by atoms with Gasteiger partial charge >= 0.3 is 6.16 Å². The van der Waals surface area contributed by atoms with Gasteiger partial charge in [-0.2, -0.15) is 0 Å². The van der Waals surface area contributed by atoms with Gasteiger partial charge in [-0.1, -0.05) is 20.3 Å². The summed E-state index contributed by atoms with van der Waals surface area (Å²) in [7, 11) is 1.31. The van der Waals surface area contributed by atoms with Crippen molar-refractivity contribution in [2.24, 2.45) is 5.92 Å². The lowest BCUT2D eigenvalue weighted by molar-refractivity contribution is 0.0609. The fourth-order valence-corrected chi connectivity index (χ4v) is 0.845. The monoisotopic (exact) mass is 160 g/mol. The number of ether oxygens (including phenoxy) is 2. The third-order valence-corrected chi connectivity index (χ3v) is 1.43. The smallest absolute Gasteiger partial charge is 0.438 e. The summed E-state index contributed by atoms with van der Waals surface area (Å²) in [5.74, 6) is 0.430. The summed E-state index contributed by atoms with van der Waals surface area (Å²) < 4.78 is 9.06. The predicted molar refractivity (Wildman–Crippen MR) is 42.4 cm³/mol. The Balaban J connectivity index is 3.29. The van der Waals surface area contributed by atoms with Crippen LogP contribution in [-0.4, -0.2) is 19.9 Å². The predicted octanol–water partition coefficient (Wildman–Crippen LogP) is 2.21. The van der Waals surface area contributed by atoms with E-state index in [1.54, 1.807) is 0 Å². The molecular formula is C8H16O3. The third kappa shape index (κ3) is 5.70. The number of hydrogen-bond acceptors (Lipinski definition) is 3. The lowest BCUT2D eigenvalue weighted by Crippen LogP contribution is -2.11. The summed E-state index contributed by atoms with van der Waals surface area (Å²) >= 11 is 0. The molecule has 0 saturated carbocycles. The van der Waals surface area contributed by atoms with E-state index < -0.39 is 6.16 Å². The Bertz CT molecular complexity index is 112. The molecule has 0 aromatic rings. The molecule has 0 aliphatic rings. The van der Waals surface area contributed by atoms with E-state index in [1.165, 1.54) is 7.11 Å². The quantitative estimate of drug-likeness (QED) is 0.591. The van der Waals surface area contributed by atoms with E-state index in [0.29, 0.717) is 12.5 Å². The number of carbonyl (C=O) groups is 1. The molecule has 1 atom stereocenters. The molecule has 0 heterocycles. The highest BCUT2D eigenvalue weighted by molar-refractivity contribution is 5.59. The Morgan fingerprint density at radius 1 is 1.55 bits per heavy atom. The maximum absolute atomic E-state index is 10.5. The SMILES string of the molecule is CCCC(C)COC(=O)OC. The van der Waals surface area contributed by atoms with E-state index in [0.717, 1.165) is 12.8 Å². The van der Waals surface area contributed by atoms with Gasteiger partial charge < -0.3 is 9.47 Å². The number of methoxy groups -OCH3 is 1. The highest BCUT2D eigenvalue weighted by Crippen LogP contribution is 2.05. The summed E-state index contributed by atoms with van der Waals surface area (Å²) in [6.45, 7) is 4.61. The summed E-state index contributed by atoms with van der Waals surface area (Å²) in [6, 6.07) is 0. The van der Waals surface area contributed by atoms with Crippen molar-refractivity contribution in [3.8, 4) is 0 Å². The first-order valence-corrected chi connectivity index (χ1v) is 3.91. The van der Waals surface area contributed by atoms with Crippen molar-refractivity contribution in [3.63, 3.8) is 0 Å². The highest BCUT2D eigenvalue weighted by atomic mass is 16.7. The zero-order valence-corrected chi connectivity index (χ0v) is 7.42. The lowest BCUT2D eigenvalue weighted by atomic mass is 10.1. The van der Waals surface area contributed by atoms with Crippen molar-refractivity contribution in [1.29, 1.82) is 0 Å². The standard InChI is InChI=1S/C8H16O3/c1-4-5-7(2)6-11-8(9)10-3/h7H,4-6H2,1-3H3. The van der Waals surface area contributed by atoms with Crippen LogP contribution in [0.5, 0.6) is 0 Å². The van der Waals surface area contributed by atoms with E-state index >= 15 is 0 Å². The Labute approximate surface area is 67.7 Å². The summed E-state index contributed by atoms with van der Waals surface area (Å²) in [5, 5.41) is 0. The molecule has 0 bridgehead atoms. The van der Waals surface area contributed by atoms with Crippen LogP contribution in [-0.2, 0) is 9.47 Å². The topological polar surface area (TPSA) is 35.5 Å². The van der Waals surface area contributed by atoms with Gasteiger partial charge in [0.1, 0.15) is 0 Å². The van der Waals surface area contributed by atoms with Crippen LogP contribution >= 0.6 is 0 Å². The normalized spacial score (nSPS) is 12.3. The minimum atomic E-state index is -0.590. The van der Waals surface area contributed by atoms with Crippen molar-refractivity contribution >= 4 is 6.16 Å². The van der Waals surface area contributed by atoms with Gasteiger partial charge in [0.15, 0.2) is 0 Å². The molecule has 0 aliphatic heterocycles. The molecule has 66 valence electrons. The van der Waals surface area contributed by atoms with Gasteiger partial charge in [0.2, 0.25) is 0 Å². The zero-order valence-electron chi connectivity index (χ0n) is 7.42. The van der Waals surface area contributed by atoms with Crippen molar-refractivity contribution in [2.45, 2.75) is 26.7 Å². The van der Waals surface area contributed by atoms with E-state index in [9.17, 15) is 4.79 Å². The molecule has 11 heavy (non-hydrogen) atoms. The molecule has 0 spiro atoms. The highest BCUT2D eigenvalue weighted by Gasteiger charge is 2.04. The van der Waals surface area contributed by atoms with Gasteiger partial charge in [-0.25, -0.2) is 4.79 Å². The lowest BCUT2D eigenvalue weighted by Gasteiger charge is -2.08. The summed E-state index contributed by atoms with van der Waals surface area (Å²) in [5.41, 5.74) is 0. The Morgan fingerprint density at radius 3 is 2.64 bits per heavy atom. The van der Waals surface area contributed by atoms with Gasteiger partial charge in [-0.15, -0.1) is 0 Å². The molecule has 0 N–H and O–H groups in total. The number of carbonyl (C=O) groups excluding carboxylic acids is 1. The second-order valence-corrected chi connectivity index (χ2v) is 2.66. The van der Waals surface area contributed by atoms with Gasteiger partial charge in [-0.3, -0.25) is 0 Å². The van der Waals surface area contributed by atoms with Gasteiger partial charge in [0.25, 0.3) is 0 Å². The first-order valence-electron chi connectivity index (χ1n) is 3.91. The van der Waals surface area contributed by atoms with Crippen LogP contribution < -0.4 is 0 Å². The molecule has 0 amide bonds.